The maximum atomic E-state index is 10.3. The highest BCUT2D eigenvalue weighted by molar-refractivity contribution is 8.76. The van der Waals surface area contributed by atoms with Crippen LogP contribution in [0.4, 0.5) is 0 Å². The molecule has 2 aromatic carbocycles. The van der Waals surface area contributed by atoms with Crippen molar-refractivity contribution in [2.45, 2.75) is 16.4 Å². The number of hydrogen-bond acceptors (Lipinski definition) is 4. The highest BCUT2D eigenvalue weighted by Gasteiger charge is 2.14. The van der Waals surface area contributed by atoms with Crippen molar-refractivity contribution in [2.75, 3.05) is 5.75 Å². The molecule has 0 unspecified atom stereocenters. The van der Waals surface area contributed by atoms with Gasteiger partial charge in [-0.1, -0.05) is 70.1 Å². The van der Waals surface area contributed by atoms with Crippen molar-refractivity contribution in [1.29, 1.82) is 0 Å². The van der Waals surface area contributed by atoms with Crippen LogP contribution in [0.5, 0.6) is 0 Å². The molecule has 2 nitrogen and oxygen atoms in total. The molecular formula is C17H20O2S3. The summed E-state index contributed by atoms with van der Waals surface area (Å²) in [4.78, 5) is 1.12. The average Bonchev–Trinajstić information content (AvgIpc) is 2.48. The monoisotopic (exact) mass is 352 g/mol. The Balaban J connectivity index is 1.99. The maximum Gasteiger partial charge on any atom is 0.0628 e. The number of hydrogen-bond donors (Lipinski definition) is 2. The minimum atomic E-state index is -2.66. The predicted octanol–water partition coefficient (Wildman–Crippen LogP) is 6.06. The summed E-state index contributed by atoms with van der Waals surface area (Å²) in [6, 6.07) is 17.6. The molecule has 0 saturated heterocycles. The van der Waals surface area contributed by atoms with Gasteiger partial charge in [-0.3, -0.25) is 9.11 Å². The summed E-state index contributed by atoms with van der Waals surface area (Å²) in [5, 5.41) is 0. The lowest BCUT2D eigenvalue weighted by Gasteiger charge is -2.32. The lowest BCUT2D eigenvalue weighted by molar-refractivity contribution is 0.484. The number of rotatable bonds is 8. The van der Waals surface area contributed by atoms with Crippen LogP contribution in [-0.2, 0) is 11.5 Å². The van der Waals surface area contributed by atoms with Crippen LogP contribution in [0.3, 0.4) is 0 Å². The summed E-state index contributed by atoms with van der Waals surface area (Å²) >= 11 is 0. The van der Waals surface area contributed by atoms with E-state index in [1.165, 1.54) is 0 Å². The minimum absolute atomic E-state index is 0.294. The van der Waals surface area contributed by atoms with Crippen LogP contribution in [0.15, 0.2) is 72.1 Å². The van der Waals surface area contributed by atoms with Crippen molar-refractivity contribution >= 4 is 32.2 Å². The second-order valence-electron chi connectivity index (χ2n) is 4.88. The normalized spacial score (nSPS) is 12.1. The van der Waals surface area contributed by atoms with Crippen molar-refractivity contribution in [3.8, 4) is 0 Å². The standard InChI is InChI=1S/C17H20O2S3/c1-2-11-20-21-17-10-6-9-16(12-17)14-22(18,19)13-15-7-4-3-5-8-15/h2-10,12,18-19H,1,11,13-14H2. The zero-order valence-electron chi connectivity index (χ0n) is 12.2. The van der Waals surface area contributed by atoms with Gasteiger partial charge in [-0.05, 0) is 23.3 Å². The first-order valence-electron chi connectivity index (χ1n) is 6.86. The summed E-state index contributed by atoms with van der Waals surface area (Å²) < 4.78 is 20.7. The lowest BCUT2D eigenvalue weighted by atomic mass is 10.2. The van der Waals surface area contributed by atoms with E-state index in [-0.39, 0.29) is 0 Å². The van der Waals surface area contributed by atoms with Gasteiger partial charge in [-0.15, -0.1) is 6.58 Å². The van der Waals surface area contributed by atoms with Crippen molar-refractivity contribution in [2.24, 2.45) is 0 Å². The van der Waals surface area contributed by atoms with Crippen LogP contribution in [-0.4, -0.2) is 14.9 Å². The van der Waals surface area contributed by atoms with Crippen molar-refractivity contribution < 1.29 is 9.11 Å². The van der Waals surface area contributed by atoms with Gasteiger partial charge in [0.1, 0.15) is 0 Å². The molecule has 0 heterocycles. The summed E-state index contributed by atoms with van der Waals surface area (Å²) in [6.07, 6.45) is 1.87. The lowest BCUT2D eigenvalue weighted by Crippen LogP contribution is -2.04. The summed E-state index contributed by atoms with van der Waals surface area (Å²) in [5.74, 6) is 1.48. The third-order valence-electron chi connectivity index (χ3n) is 2.88. The van der Waals surface area contributed by atoms with E-state index in [9.17, 15) is 9.11 Å². The Labute approximate surface area is 141 Å². The zero-order chi connectivity index (χ0) is 15.8. The third kappa shape index (κ3) is 6.10. The molecule has 5 heteroatoms. The molecule has 0 aromatic heterocycles. The molecule has 0 fully saturated rings. The van der Waals surface area contributed by atoms with Crippen LogP contribution in [0, 0.1) is 0 Å². The molecule has 0 amide bonds. The van der Waals surface area contributed by atoms with Gasteiger partial charge in [0, 0.05) is 10.6 Å². The Morgan fingerprint density at radius 3 is 2.36 bits per heavy atom. The van der Waals surface area contributed by atoms with Gasteiger partial charge in [0.15, 0.2) is 0 Å². The molecule has 0 aliphatic heterocycles. The predicted molar refractivity (Wildman–Crippen MR) is 102 cm³/mol. The Morgan fingerprint density at radius 2 is 1.64 bits per heavy atom. The highest BCUT2D eigenvalue weighted by Crippen LogP contribution is 2.46. The fraction of sp³-hybridized carbons (Fsp3) is 0.176. The first kappa shape index (κ1) is 17.5. The summed E-state index contributed by atoms with van der Waals surface area (Å²) in [6.45, 7) is 3.70. The van der Waals surface area contributed by atoms with E-state index in [0.29, 0.717) is 11.5 Å². The molecule has 2 aromatic rings. The molecule has 0 spiro atoms. The molecule has 22 heavy (non-hydrogen) atoms. The van der Waals surface area contributed by atoms with Crippen LogP contribution < -0.4 is 0 Å². The second kappa shape index (κ2) is 8.70. The smallest absolute Gasteiger partial charge is 0.0628 e. The van der Waals surface area contributed by atoms with Crippen LogP contribution in [0.2, 0.25) is 0 Å². The maximum absolute atomic E-state index is 10.3. The molecule has 0 aliphatic carbocycles. The Hall–Kier alpha value is -0.850. The molecular weight excluding hydrogens is 332 g/mol. The quantitative estimate of drug-likeness (QED) is 0.344. The van der Waals surface area contributed by atoms with Crippen molar-refractivity contribution in [3.63, 3.8) is 0 Å². The fourth-order valence-electron chi connectivity index (χ4n) is 2.00. The second-order valence-corrected chi connectivity index (χ2v) is 9.48. The summed E-state index contributed by atoms with van der Waals surface area (Å²) in [7, 11) is 0.735. The third-order valence-corrected chi connectivity index (χ3v) is 6.74. The number of benzene rings is 2. The Morgan fingerprint density at radius 1 is 0.955 bits per heavy atom. The van der Waals surface area contributed by atoms with E-state index in [2.05, 4.69) is 6.58 Å². The van der Waals surface area contributed by atoms with Crippen LogP contribution in [0.25, 0.3) is 0 Å². The van der Waals surface area contributed by atoms with E-state index >= 15 is 0 Å². The molecule has 2 N–H and O–H groups in total. The van der Waals surface area contributed by atoms with E-state index in [1.54, 1.807) is 21.6 Å². The van der Waals surface area contributed by atoms with Gasteiger partial charge >= 0.3 is 0 Å². The summed E-state index contributed by atoms with van der Waals surface area (Å²) in [5.41, 5.74) is 1.91. The molecule has 0 saturated carbocycles. The first-order valence-corrected chi connectivity index (χ1v) is 11.1. The molecule has 0 aliphatic rings. The van der Waals surface area contributed by atoms with Crippen molar-refractivity contribution in [3.05, 3.63) is 78.4 Å². The molecule has 0 atom stereocenters. The molecule has 118 valence electrons. The van der Waals surface area contributed by atoms with Gasteiger partial charge < -0.3 is 0 Å². The van der Waals surface area contributed by atoms with Crippen molar-refractivity contribution in [1.82, 2.24) is 0 Å². The van der Waals surface area contributed by atoms with Crippen LogP contribution >= 0.6 is 32.2 Å². The van der Waals surface area contributed by atoms with Gasteiger partial charge in [-0.2, -0.15) is 10.6 Å². The average molecular weight is 353 g/mol. The highest BCUT2D eigenvalue weighted by atomic mass is 33.1. The fourth-order valence-corrected chi connectivity index (χ4v) is 5.38. The van der Waals surface area contributed by atoms with E-state index in [0.717, 1.165) is 21.8 Å². The van der Waals surface area contributed by atoms with Gasteiger partial charge in [0.25, 0.3) is 0 Å². The largest absolute Gasteiger partial charge is 0.299 e. The van der Waals surface area contributed by atoms with Crippen LogP contribution in [0.1, 0.15) is 11.1 Å². The SMILES string of the molecule is C=CCSSc1cccc(CS(O)(O)Cc2ccccc2)c1. The Kier molecular flexibility index (Phi) is 6.92. The topological polar surface area (TPSA) is 40.5 Å². The van der Waals surface area contributed by atoms with E-state index < -0.39 is 10.6 Å². The van der Waals surface area contributed by atoms with Gasteiger partial charge in [0.05, 0.1) is 11.5 Å². The first-order chi connectivity index (χ1) is 10.6. The Bertz CT molecular complexity index is 600. The van der Waals surface area contributed by atoms with Gasteiger partial charge in [0.2, 0.25) is 0 Å². The molecule has 0 bridgehead atoms. The molecule has 0 radical (unpaired) electrons. The van der Waals surface area contributed by atoms with Gasteiger partial charge in [-0.25, -0.2) is 0 Å². The zero-order valence-corrected chi connectivity index (χ0v) is 14.7. The van der Waals surface area contributed by atoms with E-state index in [1.807, 2.05) is 60.7 Å². The van der Waals surface area contributed by atoms with E-state index in [4.69, 9.17) is 0 Å². The minimum Gasteiger partial charge on any atom is -0.299 e. The molecule has 2 rings (SSSR count).